The maximum atomic E-state index is 15.5. The van der Waals surface area contributed by atoms with E-state index in [9.17, 15) is 19.5 Å². The molecule has 2 aliphatic carbocycles. The van der Waals surface area contributed by atoms with Crippen LogP contribution in [0.2, 0.25) is 5.02 Å². The second-order valence-corrected chi connectivity index (χ2v) is 14.1. The number of halogens is 1. The van der Waals surface area contributed by atoms with Crippen LogP contribution in [0.4, 0.5) is 11.4 Å². The van der Waals surface area contributed by atoms with Gasteiger partial charge in [0.1, 0.15) is 5.75 Å². The van der Waals surface area contributed by atoms with Gasteiger partial charge in [-0.3, -0.25) is 24.1 Å². The van der Waals surface area contributed by atoms with Gasteiger partial charge in [0.25, 0.3) is 0 Å². The summed E-state index contributed by atoms with van der Waals surface area (Å²) in [6.07, 6.45) is 2.48. The summed E-state index contributed by atoms with van der Waals surface area (Å²) in [4.78, 5) is 61.5. The quantitative estimate of drug-likeness (QED) is 0.156. The zero-order valence-corrected chi connectivity index (χ0v) is 27.5. The highest BCUT2D eigenvalue weighted by molar-refractivity contribution is 6.32. The fraction of sp³-hybridized carbons (Fsp3) is 0.190. The maximum Gasteiger partial charge on any atom is 0.246 e. The highest BCUT2D eigenvalue weighted by atomic mass is 35.5. The average molecular weight is 679 g/mol. The summed E-state index contributed by atoms with van der Waals surface area (Å²) in [5.41, 5.74) is 1.35. The van der Waals surface area contributed by atoms with Crippen LogP contribution in [-0.2, 0) is 24.6 Å². The molecule has 3 fully saturated rings. The molecule has 0 spiro atoms. The van der Waals surface area contributed by atoms with Gasteiger partial charge in [-0.25, -0.2) is 4.90 Å². The molecule has 4 aliphatic rings. The number of benzene rings is 5. The summed E-state index contributed by atoms with van der Waals surface area (Å²) >= 11 is 6.42. The maximum absolute atomic E-state index is 15.5. The van der Waals surface area contributed by atoms with E-state index in [1.807, 2.05) is 72.8 Å². The predicted octanol–water partition coefficient (Wildman–Crippen LogP) is 7.57. The Morgan fingerprint density at radius 2 is 1.38 bits per heavy atom. The van der Waals surface area contributed by atoms with Gasteiger partial charge in [0.05, 0.1) is 34.5 Å². The van der Waals surface area contributed by atoms with E-state index in [0.717, 1.165) is 16.3 Å². The van der Waals surface area contributed by atoms with Gasteiger partial charge in [0.15, 0.2) is 0 Å². The van der Waals surface area contributed by atoms with E-state index in [0.29, 0.717) is 33.9 Å². The molecule has 246 valence electrons. The smallest absolute Gasteiger partial charge is 0.246 e. The molecule has 1 N–H and O–H groups in total. The molecule has 2 aliphatic heterocycles. The van der Waals surface area contributed by atoms with Gasteiger partial charge >= 0.3 is 0 Å². The summed E-state index contributed by atoms with van der Waals surface area (Å²) in [6.45, 7) is 0. The van der Waals surface area contributed by atoms with Crippen LogP contribution in [0.5, 0.6) is 5.75 Å². The number of para-hydroxylation sites is 1. The Balaban J connectivity index is 1.33. The number of fused-ring (bicyclic) bond motifs is 5. The SMILES string of the molecule is O=C1[C@H]2[C@H](CC=C3[C@H]2C[C@H]2C(=O)N(c4cccc(Cl)c4)C(=O)[C@@]2(c2ccccc2)[C@H]3c2c(O)ccc3ccccc23)C(=O)N1c1ccccc1. The molecule has 4 amide bonds. The molecule has 0 unspecified atom stereocenters. The number of imide groups is 2. The predicted molar refractivity (Wildman–Crippen MR) is 191 cm³/mol. The number of aromatic hydroxyl groups is 1. The summed E-state index contributed by atoms with van der Waals surface area (Å²) in [7, 11) is 0. The van der Waals surface area contributed by atoms with E-state index in [1.54, 1.807) is 54.6 Å². The first-order valence-electron chi connectivity index (χ1n) is 16.8. The molecule has 6 atom stereocenters. The van der Waals surface area contributed by atoms with Crippen molar-refractivity contribution in [2.24, 2.45) is 23.7 Å². The minimum Gasteiger partial charge on any atom is -0.508 e. The van der Waals surface area contributed by atoms with Gasteiger partial charge in [-0.05, 0) is 71.5 Å². The first-order chi connectivity index (χ1) is 24.3. The zero-order valence-electron chi connectivity index (χ0n) is 26.8. The molecule has 2 saturated heterocycles. The normalized spacial score (nSPS) is 27.3. The van der Waals surface area contributed by atoms with E-state index in [2.05, 4.69) is 0 Å². The van der Waals surface area contributed by atoms with Crippen molar-refractivity contribution in [3.8, 4) is 5.75 Å². The van der Waals surface area contributed by atoms with Crippen LogP contribution in [-0.4, -0.2) is 28.7 Å². The number of carbonyl (C=O) groups is 4. The highest BCUT2D eigenvalue weighted by Gasteiger charge is 2.70. The lowest BCUT2D eigenvalue weighted by molar-refractivity contribution is -0.127. The topological polar surface area (TPSA) is 95.0 Å². The fourth-order valence-electron chi connectivity index (χ4n) is 9.48. The number of anilines is 2. The Kier molecular flexibility index (Phi) is 6.87. The van der Waals surface area contributed by atoms with Crippen LogP contribution < -0.4 is 9.80 Å². The number of carbonyl (C=O) groups excluding carboxylic acids is 4. The van der Waals surface area contributed by atoms with Crippen LogP contribution in [0.3, 0.4) is 0 Å². The number of nitrogens with zero attached hydrogens (tertiary/aromatic N) is 2. The zero-order chi connectivity index (χ0) is 34.3. The second-order valence-electron chi connectivity index (χ2n) is 13.7. The van der Waals surface area contributed by atoms with E-state index < -0.39 is 46.8 Å². The van der Waals surface area contributed by atoms with Gasteiger partial charge in [-0.1, -0.05) is 108 Å². The molecule has 5 aromatic rings. The van der Waals surface area contributed by atoms with Gasteiger partial charge < -0.3 is 5.11 Å². The molecular formula is C42H31ClN2O5. The minimum atomic E-state index is -1.48. The van der Waals surface area contributed by atoms with Crippen molar-refractivity contribution in [3.63, 3.8) is 0 Å². The highest BCUT2D eigenvalue weighted by Crippen LogP contribution is 2.66. The van der Waals surface area contributed by atoms with Crippen LogP contribution >= 0.6 is 11.6 Å². The molecule has 0 aromatic heterocycles. The third-order valence-electron chi connectivity index (χ3n) is 11.4. The molecule has 2 heterocycles. The Morgan fingerprint density at radius 3 is 2.14 bits per heavy atom. The fourth-order valence-corrected chi connectivity index (χ4v) is 9.66. The largest absolute Gasteiger partial charge is 0.508 e. The van der Waals surface area contributed by atoms with E-state index >= 15 is 4.79 Å². The first kappa shape index (κ1) is 30.5. The second kappa shape index (κ2) is 11.3. The first-order valence-corrected chi connectivity index (χ1v) is 17.2. The van der Waals surface area contributed by atoms with Crippen LogP contribution in [0.1, 0.15) is 29.9 Å². The van der Waals surface area contributed by atoms with Crippen molar-refractivity contribution >= 4 is 57.4 Å². The molecule has 8 heteroatoms. The Hall–Kier alpha value is -5.53. The van der Waals surface area contributed by atoms with Crippen molar-refractivity contribution < 1.29 is 24.3 Å². The Labute approximate surface area is 293 Å². The van der Waals surface area contributed by atoms with Gasteiger partial charge in [0.2, 0.25) is 23.6 Å². The van der Waals surface area contributed by atoms with Crippen molar-refractivity contribution in [2.75, 3.05) is 9.80 Å². The summed E-state index contributed by atoms with van der Waals surface area (Å²) in [5.74, 6) is -5.04. The lowest BCUT2D eigenvalue weighted by Crippen LogP contribution is -2.53. The minimum absolute atomic E-state index is 0.00683. The average Bonchev–Trinajstić information content (AvgIpc) is 3.53. The molecular weight excluding hydrogens is 648 g/mol. The number of hydrogen-bond acceptors (Lipinski definition) is 5. The van der Waals surface area contributed by atoms with Crippen molar-refractivity contribution in [3.05, 3.63) is 149 Å². The van der Waals surface area contributed by atoms with Crippen LogP contribution in [0, 0.1) is 23.7 Å². The number of hydrogen-bond donors (Lipinski definition) is 1. The molecule has 9 rings (SSSR count). The number of phenols is 1. The van der Waals surface area contributed by atoms with Crippen molar-refractivity contribution in [2.45, 2.75) is 24.2 Å². The standard InChI is InChI=1S/C42H31ClN2O5/c43-26-13-9-16-28(22-26)45-39(48)33-23-32-30(19-20-31-35(32)40(49)44(38(31)47)27-14-5-2-6-15-27)37(42(33,41(45)50)25-11-3-1-4-12-25)36-29-17-8-7-10-24(29)18-21-34(36)46/h1-19,21-22,31-33,35,37,46H,20,23H2/t31-,32+,33-,35-,37+,42+/m0/s1. The van der Waals surface area contributed by atoms with Crippen molar-refractivity contribution in [1.29, 1.82) is 0 Å². The number of phenolic OH excluding ortho intramolecular Hbond substituents is 1. The third kappa shape index (κ3) is 4.10. The monoisotopic (exact) mass is 678 g/mol. The lowest BCUT2D eigenvalue weighted by atomic mass is 9.48. The molecule has 0 bridgehead atoms. The molecule has 5 aromatic carbocycles. The molecule has 50 heavy (non-hydrogen) atoms. The molecule has 1 saturated carbocycles. The molecule has 0 radical (unpaired) electrons. The third-order valence-corrected chi connectivity index (χ3v) is 11.7. The van der Waals surface area contributed by atoms with Gasteiger partial charge in [-0.15, -0.1) is 0 Å². The number of allylic oxidation sites excluding steroid dienone is 2. The van der Waals surface area contributed by atoms with Gasteiger partial charge in [0, 0.05) is 16.5 Å². The number of rotatable bonds is 4. The Morgan fingerprint density at radius 1 is 0.680 bits per heavy atom. The number of amides is 4. The summed E-state index contributed by atoms with van der Waals surface area (Å²) in [6, 6.07) is 36.1. The van der Waals surface area contributed by atoms with E-state index in [1.165, 1.54) is 9.80 Å². The van der Waals surface area contributed by atoms with E-state index in [4.69, 9.17) is 11.6 Å². The van der Waals surface area contributed by atoms with Gasteiger partial charge in [-0.2, -0.15) is 0 Å². The van der Waals surface area contributed by atoms with Crippen LogP contribution in [0.15, 0.2) is 133 Å². The van der Waals surface area contributed by atoms with Crippen molar-refractivity contribution in [1.82, 2.24) is 0 Å². The molecule has 7 nitrogen and oxygen atoms in total. The van der Waals surface area contributed by atoms with E-state index in [-0.39, 0.29) is 24.0 Å². The summed E-state index contributed by atoms with van der Waals surface area (Å²) in [5, 5.41) is 13.9. The Bertz CT molecular complexity index is 2290. The summed E-state index contributed by atoms with van der Waals surface area (Å²) < 4.78 is 0. The lowest BCUT2D eigenvalue weighted by Gasteiger charge is -2.51. The van der Waals surface area contributed by atoms with Crippen LogP contribution in [0.25, 0.3) is 10.8 Å².